The summed E-state index contributed by atoms with van der Waals surface area (Å²) in [4.78, 5) is 15.3. The van der Waals surface area contributed by atoms with Gasteiger partial charge in [0.15, 0.2) is 17.5 Å². The number of para-hydroxylation sites is 1. The van der Waals surface area contributed by atoms with Gasteiger partial charge in [-0.3, -0.25) is 10.2 Å². The number of carbonyl (C=O) groups excluding carboxylic acids is 1. The highest BCUT2D eigenvalue weighted by molar-refractivity contribution is 5.90. The van der Waals surface area contributed by atoms with Crippen LogP contribution in [0.25, 0.3) is 5.69 Å². The van der Waals surface area contributed by atoms with Crippen LogP contribution < -0.4 is 10.6 Å². The zero-order valence-electron chi connectivity index (χ0n) is 20.2. The lowest BCUT2D eigenvalue weighted by atomic mass is 9.94. The van der Waals surface area contributed by atoms with Crippen LogP contribution in [-0.4, -0.2) is 60.1 Å². The van der Waals surface area contributed by atoms with E-state index < -0.39 is 17.7 Å². The topological polar surface area (TPSA) is 95.2 Å². The molecular weight excluding hydrogens is 466 g/mol. The maximum Gasteiger partial charge on any atom is 0.320 e. The van der Waals surface area contributed by atoms with Crippen molar-refractivity contribution in [3.8, 4) is 11.8 Å². The molecule has 3 aromatic rings. The summed E-state index contributed by atoms with van der Waals surface area (Å²) in [5.41, 5.74) is 2.17. The van der Waals surface area contributed by atoms with Crippen LogP contribution in [0.4, 0.5) is 19.4 Å². The Labute approximate surface area is 208 Å². The molecule has 2 atom stereocenters. The summed E-state index contributed by atoms with van der Waals surface area (Å²) >= 11 is 0. The molecule has 1 aromatic heterocycles. The Balaban J connectivity index is 1.59. The van der Waals surface area contributed by atoms with Gasteiger partial charge in [0, 0.05) is 32.7 Å². The number of benzene rings is 2. The number of aryl methyl sites for hydroxylation is 1. The number of nitriles is 1. The minimum Gasteiger partial charge on any atom is -0.383 e. The Kier molecular flexibility index (Phi) is 7.93. The fourth-order valence-electron chi connectivity index (χ4n) is 4.53. The van der Waals surface area contributed by atoms with Crippen LogP contribution in [0.1, 0.15) is 29.7 Å². The van der Waals surface area contributed by atoms with Gasteiger partial charge in [0.2, 0.25) is 0 Å². The number of ether oxygens (including phenoxy) is 1. The van der Waals surface area contributed by atoms with Crippen molar-refractivity contribution in [2.45, 2.75) is 25.3 Å². The summed E-state index contributed by atoms with van der Waals surface area (Å²) in [6, 6.07) is 14.3. The van der Waals surface area contributed by atoms with Crippen LogP contribution in [-0.2, 0) is 11.2 Å². The SMILES string of the molecule is CCc1nn(-c2ccccc2)c(NC(=O)NC2CN(CCOC)CC2c2ccc(F)c(F)c2)c1C#N. The predicted octanol–water partition coefficient (Wildman–Crippen LogP) is 3.82. The third-order valence-electron chi connectivity index (χ3n) is 6.33. The molecule has 8 nitrogen and oxygen atoms in total. The predicted molar refractivity (Wildman–Crippen MR) is 131 cm³/mol. The van der Waals surface area contributed by atoms with Crippen LogP contribution in [0.15, 0.2) is 48.5 Å². The van der Waals surface area contributed by atoms with Crippen molar-refractivity contribution in [1.82, 2.24) is 20.0 Å². The summed E-state index contributed by atoms with van der Waals surface area (Å²) in [5.74, 6) is -1.83. The number of aromatic nitrogens is 2. The van der Waals surface area contributed by atoms with Gasteiger partial charge in [-0.25, -0.2) is 18.3 Å². The molecule has 1 fully saturated rings. The molecular formula is C26H28F2N6O2. The molecule has 0 aliphatic carbocycles. The van der Waals surface area contributed by atoms with E-state index in [-0.39, 0.29) is 17.8 Å². The van der Waals surface area contributed by atoms with Gasteiger partial charge in [-0.05, 0) is 36.2 Å². The van der Waals surface area contributed by atoms with E-state index in [1.54, 1.807) is 17.9 Å². The number of urea groups is 1. The van der Waals surface area contributed by atoms with Crippen LogP contribution in [0, 0.1) is 23.0 Å². The monoisotopic (exact) mass is 494 g/mol. The zero-order valence-corrected chi connectivity index (χ0v) is 20.2. The van der Waals surface area contributed by atoms with Gasteiger partial charge in [0.1, 0.15) is 11.6 Å². The molecule has 1 saturated heterocycles. The normalized spacial score (nSPS) is 17.6. The molecule has 188 valence electrons. The third-order valence-corrected chi connectivity index (χ3v) is 6.33. The smallest absolute Gasteiger partial charge is 0.320 e. The summed E-state index contributed by atoms with van der Waals surface area (Å²) in [6.45, 7) is 4.08. The van der Waals surface area contributed by atoms with E-state index in [0.717, 1.165) is 6.07 Å². The first-order valence-corrected chi connectivity index (χ1v) is 11.8. The van der Waals surface area contributed by atoms with E-state index in [9.17, 15) is 18.8 Å². The summed E-state index contributed by atoms with van der Waals surface area (Å²) in [5, 5.41) is 20.1. The zero-order chi connectivity index (χ0) is 25.7. The Bertz CT molecular complexity index is 1260. The van der Waals surface area contributed by atoms with Crippen molar-refractivity contribution in [3.63, 3.8) is 0 Å². The van der Waals surface area contributed by atoms with E-state index >= 15 is 0 Å². The van der Waals surface area contributed by atoms with Gasteiger partial charge in [-0.15, -0.1) is 0 Å². The average Bonchev–Trinajstić information content (AvgIpc) is 3.45. The molecule has 1 aliphatic rings. The maximum atomic E-state index is 14.0. The van der Waals surface area contributed by atoms with Crippen molar-refractivity contribution in [2.24, 2.45) is 0 Å². The Morgan fingerprint density at radius 2 is 1.97 bits per heavy atom. The molecule has 2 amide bonds. The Hall–Kier alpha value is -3.81. The fourth-order valence-corrected chi connectivity index (χ4v) is 4.53. The van der Waals surface area contributed by atoms with E-state index in [4.69, 9.17) is 4.74 Å². The number of amides is 2. The van der Waals surface area contributed by atoms with E-state index in [0.29, 0.717) is 55.2 Å². The second-order valence-electron chi connectivity index (χ2n) is 8.62. The van der Waals surface area contributed by atoms with Gasteiger partial charge in [0.05, 0.1) is 24.0 Å². The molecule has 4 rings (SSSR count). The number of hydrogen-bond donors (Lipinski definition) is 2. The molecule has 0 saturated carbocycles. The summed E-state index contributed by atoms with van der Waals surface area (Å²) in [7, 11) is 1.61. The second kappa shape index (κ2) is 11.3. The first kappa shape index (κ1) is 25.3. The molecule has 10 heteroatoms. The molecule has 0 bridgehead atoms. The van der Waals surface area contributed by atoms with Crippen LogP contribution in [0.3, 0.4) is 0 Å². The lowest BCUT2D eigenvalue weighted by molar-refractivity contribution is 0.159. The molecule has 2 aromatic carbocycles. The maximum absolute atomic E-state index is 14.0. The Morgan fingerprint density at radius 1 is 1.19 bits per heavy atom. The molecule has 2 unspecified atom stereocenters. The summed E-state index contributed by atoms with van der Waals surface area (Å²) in [6.07, 6.45) is 0.522. The molecule has 36 heavy (non-hydrogen) atoms. The van der Waals surface area contributed by atoms with Gasteiger partial charge in [-0.1, -0.05) is 31.2 Å². The number of anilines is 1. The highest BCUT2D eigenvalue weighted by atomic mass is 19.2. The van der Waals surface area contributed by atoms with Crippen molar-refractivity contribution in [1.29, 1.82) is 5.26 Å². The van der Waals surface area contributed by atoms with Crippen molar-refractivity contribution in [2.75, 3.05) is 38.7 Å². The highest BCUT2D eigenvalue weighted by Gasteiger charge is 2.35. The van der Waals surface area contributed by atoms with E-state index in [2.05, 4.69) is 26.7 Å². The molecule has 1 aliphatic heterocycles. The minimum atomic E-state index is -0.927. The second-order valence-corrected chi connectivity index (χ2v) is 8.62. The summed E-state index contributed by atoms with van der Waals surface area (Å²) < 4.78 is 34.3. The van der Waals surface area contributed by atoms with E-state index in [1.807, 2.05) is 37.3 Å². The number of methoxy groups -OCH3 is 1. The van der Waals surface area contributed by atoms with Crippen LogP contribution in [0.2, 0.25) is 0 Å². The lowest BCUT2D eigenvalue weighted by Crippen LogP contribution is -2.42. The standard InChI is InChI=1S/C26H28F2N6O2/c1-3-23-19(14-29)25(34(32-23)18-7-5-4-6-8-18)31-26(35)30-24-16-33(11-12-36-2)15-20(24)17-9-10-21(27)22(28)13-17/h4-10,13,20,24H,3,11-12,15-16H2,1-2H3,(H2,30,31,35). The number of hydrogen-bond acceptors (Lipinski definition) is 5. The molecule has 0 radical (unpaired) electrons. The van der Waals surface area contributed by atoms with E-state index in [1.165, 1.54) is 6.07 Å². The van der Waals surface area contributed by atoms with Crippen molar-refractivity contribution >= 4 is 11.8 Å². The van der Waals surface area contributed by atoms with Gasteiger partial charge < -0.3 is 10.1 Å². The van der Waals surface area contributed by atoms with Crippen LogP contribution in [0.5, 0.6) is 0 Å². The first-order chi connectivity index (χ1) is 17.4. The van der Waals surface area contributed by atoms with Gasteiger partial charge >= 0.3 is 6.03 Å². The number of nitrogens with one attached hydrogen (secondary N) is 2. The molecule has 0 spiro atoms. The number of nitrogens with zero attached hydrogens (tertiary/aromatic N) is 4. The number of rotatable bonds is 8. The molecule has 2 heterocycles. The van der Waals surface area contributed by atoms with Crippen LogP contribution >= 0.6 is 0 Å². The molecule has 2 N–H and O–H groups in total. The highest BCUT2D eigenvalue weighted by Crippen LogP contribution is 2.29. The van der Waals surface area contributed by atoms with Crippen molar-refractivity contribution < 1.29 is 18.3 Å². The van der Waals surface area contributed by atoms with Gasteiger partial charge in [-0.2, -0.15) is 10.4 Å². The number of carbonyl (C=O) groups is 1. The largest absolute Gasteiger partial charge is 0.383 e. The van der Waals surface area contributed by atoms with Gasteiger partial charge in [0.25, 0.3) is 0 Å². The average molecular weight is 495 g/mol. The Morgan fingerprint density at radius 3 is 2.64 bits per heavy atom. The third kappa shape index (κ3) is 5.37. The first-order valence-electron chi connectivity index (χ1n) is 11.8. The number of halogens is 2. The fraction of sp³-hybridized carbons (Fsp3) is 0.346. The number of likely N-dealkylation sites (tertiary alicyclic amines) is 1. The lowest BCUT2D eigenvalue weighted by Gasteiger charge is -2.21. The van der Waals surface area contributed by atoms with Crippen molar-refractivity contribution in [3.05, 3.63) is 77.0 Å². The minimum absolute atomic E-state index is 0.261. The quantitative estimate of drug-likeness (QED) is 0.497.